The Labute approximate surface area is 121 Å². The fourth-order valence-electron chi connectivity index (χ4n) is 0.944. The van der Waals surface area contributed by atoms with Gasteiger partial charge in [0.2, 0.25) is 0 Å². The summed E-state index contributed by atoms with van der Waals surface area (Å²) in [6, 6.07) is 5.02. The number of carbonyl (C=O) groups excluding carboxylic acids is 1. The summed E-state index contributed by atoms with van der Waals surface area (Å²) in [7, 11) is 0. The van der Waals surface area contributed by atoms with Crippen molar-refractivity contribution < 1.29 is 34.5 Å². The summed E-state index contributed by atoms with van der Waals surface area (Å²) in [6.07, 6.45) is 1.81. The summed E-state index contributed by atoms with van der Waals surface area (Å²) >= 11 is 0. The Kier molecular flexibility index (Phi) is 9.60. The fourth-order valence-corrected chi connectivity index (χ4v) is 0.944. The zero-order chi connectivity index (χ0) is 15.7. The van der Waals surface area contributed by atoms with Gasteiger partial charge in [0, 0.05) is 6.08 Å². The van der Waals surface area contributed by atoms with Gasteiger partial charge in [-0.1, -0.05) is 7.43 Å². The number of aliphatic carboxylic acids is 1. The van der Waals surface area contributed by atoms with Crippen LogP contribution in [0.1, 0.15) is 35.1 Å². The second kappa shape index (κ2) is 9.90. The third-order valence-electron chi connectivity index (χ3n) is 1.84. The highest BCUT2D eigenvalue weighted by Crippen LogP contribution is 2.03. The Morgan fingerprint density at radius 2 is 1.14 bits per heavy atom. The number of carboxylic acids is 3. The molecule has 1 aromatic rings. The van der Waals surface area contributed by atoms with Crippen LogP contribution in [0.4, 0.5) is 0 Å². The molecule has 0 saturated heterocycles. The smallest absolute Gasteiger partial charge is 0.335 e. The second-order valence-electron chi connectivity index (χ2n) is 3.47. The molecule has 0 atom stereocenters. The van der Waals surface area contributed by atoms with Gasteiger partial charge in [-0.05, 0) is 37.3 Å². The Morgan fingerprint density at radius 1 is 0.810 bits per heavy atom. The van der Waals surface area contributed by atoms with Crippen molar-refractivity contribution in [2.75, 3.05) is 0 Å². The number of hydrogen-bond donors (Lipinski definition) is 3. The van der Waals surface area contributed by atoms with Crippen LogP contribution in [0.25, 0.3) is 0 Å². The second-order valence-corrected chi connectivity index (χ2v) is 3.47. The van der Waals surface area contributed by atoms with Gasteiger partial charge in [-0.2, -0.15) is 0 Å². The molecule has 1 aromatic carbocycles. The zero-order valence-corrected chi connectivity index (χ0v) is 10.4. The molecule has 21 heavy (non-hydrogen) atoms. The summed E-state index contributed by atoms with van der Waals surface area (Å²) in [5.74, 6) is -3.48. The molecule has 114 valence electrons. The Bertz CT molecular complexity index is 492. The summed E-state index contributed by atoms with van der Waals surface area (Å²) in [6.45, 7) is 1.29. The molecular formula is C14H16O7. The minimum absolute atomic E-state index is 0. The van der Waals surface area contributed by atoms with Crippen LogP contribution < -0.4 is 0 Å². The van der Waals surface area contributed by atoms with E-state index in [2.05, 4.69) is 0 Å². The highest BCUT2D eigenvalue weighted by atomic mass is 16.4. The number of aromatic carboxylic acids is 2. The predicted molar refractivity (Wildman–Crippen MR) is 74.5 cm³/mol. The molecule has 0 bridgehead atoms. The molecule has 0 saturated carbocycles. The maximum atomic E-state index is 10.3. The minimum atomic E-state index is -1.10. The molecule has 7 nitrogen and oxygen atoms in total. The summed E-state index contributed by atoms with van der Waals surface area (Å²) in [4.78, 5) is 40.3. The Balaban J connectivity index is 0. The van der Waals surface area contributed by atoms with E-state index in [0.717, 1.165) is 12.2 Å². The van der Waals surface area contributed by atoms with Crippen molar-refractivity contribution in [3.8, 4) is 0 Å². The molecule has 0 unspecified atom stereocenters. The third kappa shape index (κ3) is 9.60. The Morgan fingerprint density at radius 3 is 1.29 bits per heavy atom. The highest BCUT2D eigenvalue weighted by Gasteiger charge is 2.04. The van der Waals surface area contributed by atoms with E-state index in [1.165, 1.54) is 31.2 Å². The van der Waals surface area contributed by atoms with E-state index in [9.17, 15) is 19.2 Å². The number of ketones is 1. The molecule has 3 N–H and O–H groups in total. The summed E-state index contributed by atoms with van der Waals surface area (Å²) in [5, 5.41) is 24.9. The van der Waals surface area contributed by atoms with Crippen molar-refractivity contribution in [2.24, 2.45) is 0 Å². The van der Waals surface area contributed by atoms with Gasteiger partial charge in [0.1, 0.15) is 0 Å². The SMILES string of the molecule is C.CC(=O)/C=C/C(=O)O.O=C(O)c1ccc(C(=O)O)cc1. The van der Waals surface area contributed by atoms with Crippen molar-refractivity contribution in [2.45, 2.75) is 14.4 Å². The first-order valence-corrected chi connectivity index (χ1v) is 5.22. The standard InChI is InChI=1S/C8H6O4.C5H6O3.CH4/c9-7(10)5-1-2-6(4-3-5)8(11)12;1-4(6)2-3-5(7)8;/h1-4H,(H,9,10)(H,11,12);2-3H,1H3,(H,7,8);1H4/b;3-2+;. The first-order chi connectivity index (χ1) is 9.23. The Hall–Kier alpha value is -2.96. The number of benzene rings is 1. The molecule has 0 radical (unpaired) electrons. The molecule has 0 aliphatic heterocycles. The maximum absolute atomic E-state index is 10.3. The van der Waals surface area contributed by atoms with Crippen molar-refractivity contribution >= 4 is 23.7 Å². The first kappa shape index (κ1) is 20.4. The van der Waals surface area contributed by atoms with Crippen LogP contribution in [-0.2, 0) is 9.59 Å². The molecule has 0 aliphatic rings. The predicted octanol–water partition coefficient (Wildman–Crippen LogP) is 1.94. The molecule has 7 heteroatoms. The van der Waals surface area contributed by atoms with Crippen LogP contribution in [0.15, 0.2) is 36.4 Å². The first-order valence-electron chi connectivity index (χ1n) is 5.22. The van der Waals surface area contributed by atoms with E-state index >= 15 is 0 Å². The molecule has 1 rings (SSSR count). The van der Waals surface area contributed by atoms with Gasteiger partial charge in [-0.3, -0.25) is 4.79 Å². The number of carboxylic acid groups (broad SMARTS) is 3. The molecule has 0 aromatic heterocycles. The van der Waals surface area contributed by atoms with Crippen LogP contribution in [0.2, 0.25) is 0 Å². The quantitative estimate of drug-likeness (QED) is 0.724. The average Bonchev–Trinajstić information content (AvgIpc) is 2.37. The van der Waals surface area contributed by atoms with Gasteiger partial charge in [0.25, 0.3) is 0 Å². The van der Waals surface area contributed by atoms with Gasteiger partial charge < -0.3 is 15.3 Å². The van der Waals surface area contributed by atoms with Crippen LogP contribution in [-0.4, -0.2) is 39.0 Å². The third-order valence-corrected chi connectivity index (χ3v) is 1.84. The van der Waals surface area contributed by atoms with Gasteiger partial charge >= 0.3 is 17.9 Å². The monoisotopic (exact) mass is 296 g/mol. The molecule has 0 fully saturated rings. The van der Waals surface area contributed by atoms with Crippen molar-refractivity contribution in [1.82, 2.24) is 0 Å². The van der Waals surface area contributed by atoms with Gasteiger partial charge in [0.05, 0.1) is 11.1 Å². The highest BCUT2D eigenvalue weighted by molar-refractivity contribution is 5.93. The molecule has 0 aliphatic carbocycles. The largest absolute Gasteiger partial charge is 0.478 e. The zero-order valence-electron chi connectivity index (χ0n) is 10.4. The van der Waals surface area contributed by atoms with Crippen molar-refractivity contribution in [3.63, 3.8) is 0 Å². The number of carbonyl (C=O) groups is 4. The average molecular weight is 296 g/mol. The van der Waals surface area contributed by atoms with E-state index in [1.807, 2.05) is 0 Å². The topological polar surface area (TPSA) is 129 Å². The summed E-state index contributed by atoms with van der Waals surface area (Å²) < 4.78 is 0. The number of rotatable bonds is 4. The van der Waals surface area contributed by atoms with Crippen molar-refractivity contribution in [3.05, 3.63) is 47.5 Å². The number of hydrogen-bond acceptors (Lipinski definition) is 4. The van der Waals surface area contributed by atoms with E-state index in [-0.39, 0.29) is 24.3 Å². The number of allylic oxidation sites excluding steroid dienone is 1. The van der Waals surface area contributed by atoms with E-state index in [1.54, 1.807) is 0 Å². The van der Waals surface area contributed by atoms with Crippen LogP contribution >= 0.6 is 0 Å². The molecule has 0 heterocycles. The molecular weight excluding hydrogens is 280 g/mol. The molecule has 0 spiro atoms. The van der Waals surface area contributed by atoms with Crippen LogP contribution in [0, 0.1) is 0 Å². The summed E-state index contributed by atoms with van der Waals surface area (Å²) in [5.41, 5.74) is 0.167. The lowest BCUT2D eigenvalue weighted by Crippen LogP contribution is -1.99. The molecule has 0 amide bonds. The van der Waals surface area contributed by atoms with Gasteiger partial charge in [0.15, 0.2) is 5.78 Å². The van der Waals surface area contributed by atoms with Gasteiger partial charge in [-0.25, -0.2) is 14.4 Å². The normalized spacial score (nSPS) is 9.00. The van der Waals surface area contributed by atoms with Crippen LogP contribution in [0.3, 0.4) is 0 Å². The van der Waals surface area contributed by atoms with E-state index in [4.69, 9.17) is 15.3 Å². The lowest BCUT2D eigenvalue weighted by atomic mass is 10.1. The minimum Gasteiger partial charge on any atom is -0.478 e. The van der Waals surface area contributed by atoms with E-state index in [0.29, 0.717) is 0 Å². The lowest BCUT2D eigenvalue weighted by molar-refractivity contribution is -0.131. The van der Waals surface area contributed by atoms with E-state index < -0.39 is 17.9 Å². The van der Waals surface area contributed by atoms with Crippen LogP contribution in [0.5, 0.6) is 0 Å². The lowest BCUT2D eigenvalue weighted by Gasteiger charge is -1.94. The fraction of sp³-hybridized carbons (Fsp3) is 0.143. The van der Waals surface area contributed by atoms with Gasteiger partial charge in [-0.15, -0.1) is 0 Å². The van der Waals surface area contributed by atoms with Crippen molar-refractivity contribution in [1.29, 1.82) is 0 Å². The maximum Gasteiger partial charge on any atom is 0.335 e.